The van der Waals surface area contributed by atoms with Crippen molar-refractivity contribution in [2.75, 3.05) is 0 Å². The summed E-state index contributed by atoms with van der Waals surface area (Å²) in [5, 5.41) is 0. The monoisotopic (exact) mass is 140 g/mol. The van der Waals surface area contributed by atoms with Crippen LogP contribution in [-0.2, 0) is 9.47 Å². The van der Waals surface area contributed by atoms with E-state index in [9.17, 15) is 4.79 Å². The lowest BCUT2D eigenvalue weighted by molar-refractivity contribution is 0.116. The summed E-state index contributed by atoms with van der Waals surface area (Å²) in [5.74, 6) is 0. The van der Waals surface area contributed by atoms with Crippen LogP contribution in [0, 0.1) is 0 Å². The molecule has 0 aromatic carbocycles. The van der Waals surface area contributed by atoms with Crippen LogP contribution < -0.4 is 0 Å². The summed E-state index contributed by atoms with van der Waals surface area (Å²) in [5.41, 5.74) is 0. The second kappa shape index (κ2) is 2.01. The molecule has 1 heterocycles. The minimum atomic E-state index is -0.526. The number of rotatable bonds is 0. The topological polar surface area (TPSA) is 35.5 Å². The highest BCUT2D eigenvalue weighted by Gasteiger charge is 2.35. The summed E-state index contributed by atoms with van der Waals surface area (Å²) in [6, 6.07) is 0. The van der Waals surface area contributed by atoms with Gasteiger partial charge in [-0.15, -0.1) is 0 Å². The summed E-state index contributed by atoms with van der Waals surface area (Å²) in [6.07, 6.45) is 5.13. The van der Waals surface area contributed by atoms with Gasteiger partial charge in [0, 0.05) is 0 Å². The highest BCUT2D eigenvalue weighted by molar-refractivity contribution is 5.63. The Morgan fingerprint density at radius 1 is 1.50 bits per heavy atom. The molecule has 10 heavy (non-hydrogen) atoms. The van der Waals surface area contributed by atoms with E-state index in [2.05, 4.69) is 0 Å². The van der Waals surface area contributed by atoms with Crippen molar-refractivity contribution in [3.8, 4) is 0 Å². The number of fused-ring (bicyclic) bond motifs is 1. The highest BCUT2D eigenvalue weighted by Crippen LogP contribution is 2.24. The van der Waals surface area contributed by atoms with Crippen LogP contribution in [0.25, 0.3) is 0 Å². The van der Waals surface area contributed by atoms with Gasteiger partial charge in [-0.25, -0.2) is 4.79 Å². The highest BCUT2D eigenvalue weighted by atomic mass is 16.8. The first-order chi connectivity index (χ1) is 4.86. The second-order valence-corrected chi connectivity index (χ2v) is 2.49. The van der Waals surface area contributed by atoms with E-state index in [0.29, 0.717) is 0 Å². The number of carbonyl (C=O) groups excluding carboxylic acids is 1. The molecule has 0 aromatic heterocycles. The zero-order valence-electron chi connectivity index (χ0n) is 5.45. The Morgan fingerprint density at radius 3 is 3.20 bits per heavy atom. The third-order valence-corrected chi connectivity index (χ3v) is 1.79. The van der Waals surface area contributed by atoms with Crippen LogP contribution in [0.1, 0.15) is 12.8 Å². The van der Waals surface area contributed by atoms with Crippen LogP contribution in [0.2, 0.25) is 0 Å². The largest absolute Gasteiger partial charge is 0.509 e. The molecule has 0 aromatic rings. The Balaban J connectivity index is 2.15. The zero-order valence-corrected chi connectivity index (χ0v) is 5.45. The summed E-state index contributed by atoms with van der Waals surface area (Å²) < 4.78 is 9.67. The van der Waals surface area contributed by atoms with Gasteiger partial charge in [0.25, 0.3) is 0 Å². The normalized spacial score (nSPS) is 36.6. The van der Waals surface area contributed by atoms with Gasteiger partial charge >= 0.3 is 6.16 Å². The lowest BCUT2D eigenvalue weighted by Gasteiger charge is -2.14. The minimum absolute atomic E-state index is 0.0162. The number of carbonyl (C=O) groups is 1. The SMILES string of the molecule is O=C1OC2C=CCC[C@H]2O1. The molecule has 2 atom stereocenters. The lowest BCUT2D eigenvalue weighted by atomic mass is 10.0. The molecule has 1 saturated heterocycles. The van der Waals surface area contributed by atoms with E-state index in [1.807, 2.05) is 12.2 Å². The molecule has 0 N–H and O–H groups in total. The lowest BCUT2D eigenvalue weighted by Crippen LogP contribution is -2.22. The van der Waals surface area contributed by atoms with Crippen LogP contribution in [0.3, 0.4) is 0 Å². The van der Waals surface area contributed by atoms with E-state index in [0.717, 1.165) is 12.8 Å². The van der Waals surface area contributed by atoms with Crippen LogP contribution in [-0.4, -0.2) is 18.4 Å². The summed E-state index contributed by atoms with van der Waals surface area (Å²) in [6.45, 7) is 0. The van der Waals surface area contributed by atoms with E-state index in [4.69, 9.17) is 9.47 Å². The van der Waals surface area contributed by atoms with E-state index in [1.54, 1.807) is 0 Å². The number of hydrogen-bond acceptors (Lipinski definition) is 3. The Labute approximate surface area is 58.6 Å². The first kappa shape index (κ1) is 5.77. The summed E-state index contributed by atoms with van der Waals surface area (Å²) in [7, 11) is 0. The van der Waals surface area contributed by atoms with Crippen LogP contribution in [0.15, 0.2) is 12.2 Å². The molecule has 1 fully saturated rings. The van der Waals surface area contributed by atoms with Gasteiger partial charge in [-0.3, -0.25) is 0 Å². The Hall–Kier alpha value is -0.990. The Kier molecular flexibility index (Phi) is 1.16. The molecule has 2 aliphatic rings. The minimum Gasteiger partial charge on any atom is -0.427 e. The predicted molar refractivity (Wildman–Crippen MR) is 33.5 cm³/mol. The van der Waals surface area contributed by atoms with Gasteiger partial charge in [0.2, 0.25) is 0 Å². The van der Waals surface area contributed by atoms with E-state index in [1.165, 1.54) is 0 Å². The third kappa shape index (κ3) is 0.781. The molecule has 2 rings (SSSR count). The number of hydrogen-bond donors (Lipinski definition) is 0. The van der Waals surface area contributed by atoms with Gasteiger partial charge in [0.15, 0.2) is 6.10 Å². The van der Waals surface area contributed by atoms with E-state index in [-0.39, 0.29) is 12.2 Å². The van der Waals surface area contributed by atoms with Crippen molar-refractivity contribution >= 4 is 6.16 Å². The maximum absolute atomic E-state index is 10.5. The van der Waals surface area contributed by atoms with Crippen molar-refractivity contribution < 1.29 is 14.3 Å². The molecule has 3 nitrogen and oxygen atoms in total. The molecular formula is C7H8O3. The van der Waals surface area contributed by atoms with Crippen LogP contribution >= 0.6 is 0 Å². The van der Waals surface area contributed by atoms with Gasteiger partial charge in [-0.1, -0.05) is 6.08 Å². The number of ether oxygens (including phenoxy) is 2. The van der Waals surface area contributed by atoms with Crippen LogP contribution in [0.5, 0.6) is 0 Å². The van der Waals surface area contributed by atoms with Gasteiger partial charge in [-0.05, 0) is 18.9 Å². The van der Waals surface area contributed by atoms with Crippen molar-refractivity contribution in [1.82, 2.24) is 0 Å². The average molecular weight is 140 g/mol. The smallest absolute Gasteiger partial charge is 0.427 e. The molecule has 0 saturated carbocycles. The molecule has 1 aliphatic heterocycles. The van der Waals surface area contributed by atoms with E-state index < -0.39 is 6.16 Å². The average Bonchev–Trinajstić information content (AvgIpc) is 2.27. The molecule has 0 bridgehead atoms. The quantitative estimate of drug-likeness (QED) is 0.375. The maximum Gasteiger partial charge on any atom is 0.509 e. The first-order valence-corrected chi connectivity index (χ1v) is 3.40. The molecule has 1 unspecified atom stereocenters. The second-order valence-electron chi connectivity index (χ2n) is 2.49. The standard InChI is InChI=1S/C7H8O3/c8-7-9-5-3-1-2-4-6(5)10-7/h1,3,5-6H,2,4H2/t5?,6-/m1/s1. The van der Waals surface area contributed by atoms with Crippen molar-refractivity contribution in [3.63, 3.8) is 0 Å². The molecule has 3 heteroatoms. The molecule has 0 spiro atoms. The fourth-order valence-electron chi connectivity index (χ4n) is 1.28. The maximum atomic E-state index is 10.5. The van der Waals surface area contributed by atoms with Gasteiger partial charge in [0.1, 0.15) is 6.10 Å². The summed E-state index contributed by atoms with van der Waals surface area (Å²) >= 11 is 0. The van der Waals surface area contributed by atoms with Crippen molar-refractivity contribution in [2.24, 2.45) is 0 Å². The van der Waals surface area contributed by atoms with Gasteiger partial charge in [-0.2, -0.15) is 0 Å². The molecule has 0 amide bonds. The molecular weight excluding hydrogens is 132 g/mol. The molecule has 54 valence electrons. The Morgan fingerprint density at radius 2 is 2.40 bits per heavy atom. The summed E-state index contributed by atoms with van der Waals surface area (Å²) in [4.78, 5) is 10.5. The van der Waals surface area contributed by atoms with Crippen LogP contribution in [0.4, 0.5) is 4.79 Å². The predicted octanol–water partition coefficient (Wildman–Crippen LogP) is 1.24. The Bertz CT molecular complexity index is 185. The molecule has 0 radical (unpaired) electrons. The van der Waals surface area contributed by atoms with Gasteiger partial charge < -0.3 is 9.47 Å². The third-order valence-electron chi connectivity index (χ3n) is 1.79. The van der Waals surface area contributed by atoms with Gasteiger partial charge in [0.05, 0.1) is 0 Å². The van der Waals surface area contributed by atoms with Crippen molar-refractivity contribution in [1.29, 1.82) is 0 Å². The number of allylic oxidation sites excluding steroid dienone is 1. The fourth-order valence-corrected chi connectivity index (χ4v) is 1.28. The first-order valence-electron chi connectivity index (χ1n) is 3.40. The van der Waals surface area contributed by atoms with Crippen molar-refractivity contribution in [3.05, 3.63) is 12.2 Å². The fraction of sp³-hybridized carbons (Fsp3) is 0.571. The molecule has 1 aliphatic carbocycles. The zero-order chi connectivity index (χ0) is 6.97. The van der Waals surface area contributed by atoms with E-state index >= 15 is 0 Å². The van der Waals surface area contributed by atoms with Crippen molar-refractivity contribution in [2.45, 2.75) is 25.0 Å².